The predicted octanol–water partition coefficient (Wildman–Crippen LogP) is 4.18. The quantitative estimate of drug-likeness (QED) is 0.706. The summed E-state index contributed by atoms with van der Waals surface area (Å²) >= 11 is 0. The topological polar surface area (TPSA) is 20.3 Å². The molecule has 0 aromatic heterocycles. The number of Topliss-reactive ketones (excluding diaryl/α,β-unsaturated/α-hetero) is 1. The highest BCUT2D eigenvalue weighted by Gasteiger charge is 2.36. The van der Waals surface area contributed by atoms with Crippen LogP contribution in [0, 0.1) is 11.3 Å². The highest BCUT2D eigenvalue weighted by atomic mass is 16.1. The second kappa shape index (κ2) is 6.60. The minimum atomic E-state index is 0.359. The van der Waals surface area contributed by atoms with Gasteiger partial charge < -0.3 is 4.90 Å². The first-order valence-corrected chi connectivity index (χ1v) is 9.03. The van der Waals surface area contributed by atoms with Gasteiger partial charge in [0.25, 0.3) is 0 Å². The number of carbonyl (C=O) groups excluding carboxylic acids is 1. The Balaban J connectivity index is 1.49. The van der Waals surface area contributed by atoms with E-state index in [9.17, 15) is 4.79 Å². The average Bonchev–Trinajstić information content (AvgIpc) is 2.68. The third-order valence-electron chi connectivity index (χ3n) is 6.24. The fraction of sp³-hybridized carbons (Fsp3) is 0.944. The van der Waals surface area contributed by atoms with Crippen LogP contribution in [0.25, 0.3) is 0 Å². The second-order valence-electron chi connectivity index (χ2n) is 7.62. The van der Waals surface area contributed by atoms with Crippen LogP contribution in [0.4, 0.5) is 0 Å². The first kappa shape index (κ1) is 14.6. The van der Waals surface area contributed by atoms with E-state index in [-0.39, 0.29) is 0 Å². The summed E-state index contributed by atoms with van der Waals surface area (Å²) in [5.74, 6) is 0.915. The van der Waals surface area contributed by atoms with E-state index in [0.29, 0.717) is 17.1 Å². The van der Waals surface area contributed by atoms with Gasteiger partial charge in [-0.3, -0.25) is 4.79 Å². The van der Waals surface area contributed by atoms with Crippen LogP contribution in [0.2, 0.25) is 0 Å². The second-order valence-corrected chi connectivity index (χ2v) is 7.62. The molecule has 2 nitrogen and oxygen atoms in total. The molecule has 3 rings (SSSR count). The summed E-state index contributed by atoms with van der Waals surface area (Å²) in [7, 11) is 0. The van der Waals surface area contributed by atoms with E-state index in [1.165, 1.54) is 70.9 Å². The van der Waals surface area contributed by atoms with Crippen LogP contribution in [0.1, 0.15) is 77.0 Å². The van der Waals surface area contributed by atoms with Crippen LogP contribution in [0.15, 0.2) is 0 Å². The summed E-state index contributed by atoms with van der Waals surface area (Å²) in [5, 5.41) is 0. The number of hydrogen-bond acceptors (Lipinski definition) is 2. The molecule has 1 unspecified atom stereocenters. The van der Waals surface area contributed by atoms with Crippen molar-refractivity contribution in [3.05, 3.63) is 0 Å². The Morgan fingerprint density at radius 2 is 1.60 bits per heavy atom. The minimum Gasteiger partial charge on any atom is -0.303 e. The van der Waals surface area contributed by atoms with Crippen LogP contribution in [0.5, 0.6) is 0 Å². The van der Waals surface area contributed by atoms with Crippen molar-refractivity contribution in [2.75, 3.05) is 19.6 Å². The zero-order valence-electron chi connectivity index (χ0n) is 13.0. The van der Waals surface area contributed by atoms with Crippen molar-refractivity contribution in [1.82, 2.24) is 4.90 Å². The van der Waals surface area contributed by atoms with Crippen molar-refractivity contribution < 1.29 is 4.79 Å². The molecule has 2 heteroatoms. The summed E-state index contributed by atoms with van der Waals surface area (Å²) in [6, 6.07) is 0. The van der Waals surface area contributed by atoms with E-state index in [2.05, 4.69) is 4.90 Å². The fourth-order valence-corrected chi connectivity index (χ4v) is 4.75. The summed E-state index contributed by atoms with van der Waals surface area (Å²) in [5.41, 5.74) is 0.697. The highest BCUT2D eigenvalue weighted by molar-refractivity contribution is 5.81. The van der Waals surface area contributed by atoms with Crippen molar-refractivity contribution >= 4 is 5.78 Å². The lowest BCUT2D eigenvalue weighted by molar-refractivity contribution is -0.123. The molecule has 0 bridgehead atoms. The van der Waals surface area contributed by atoms with Gasteiger partial charge in [-0.1, -0.05) is 32.1 Å². The van der Waals surface area contributed by atoms with Crippen LogP contribution in [-0.2, 0) is 4.79 Å². The highest BCUT2D eigenvalue weighted by Crippen LogP contribution is 2.44. The lowest BCUT2D eigenvalue weighted by atomic mass is 9.68. The molecular weight excluding hydrogens is 246 g/mol. The van der Waals surface area contributed by atoms with E-state index < -0.39 is 0 Å². The van der Waals surface area contributed by atoms with Gasteiger partial charge in [0, 0.05) is 18.9 Å². The van der Waals surface area contributed by atoms with Crippen LogP contribution in [-0.4, -0.2) is 30.3 Å². The molecule has 2 saturated carbocycles. The lowest BCUT2D eigenvalue weighted by Crippen LogP contribution is -2.43. The van der Waals surface area contributed by atoms with Crippen molar-refractivity contribution in [2.45, 2.75) is 77.0 Å². The monoisotopic (exact) mass is 277 g/mol. The van der Waals surface area contributed by atoms with Gasteiger partial charge in [0.05, 0.1) is 0 Å². The zero-order chi connectivity index (χ0) is 13.8. The molecular formula is C18H31NO. The summed E-state index contributed by atoms with van der Waals surface area (Å²) < 4.78 is 0. The molecule has 114 valence electrons. The maximum Gasteiger partial charge on any atom is 0.137 e. The number of hydrogen-bond donors (Lipinski definition) is 0. The van der Waals surface area contributed by atoms with Crippen molar-refractivity contribution in [3.8, 4) is 0 Å². The third-order valence-corrected chi connectivity index (χ3v) is 6.24. The zero-order valence-corrected chi connectivity index (χ0v) is 13.0. The van der Waals surface area contributed by atoms with Gasteiger partial charge in [-0.05, 0) is 57.0 Å². The molecule has 20 heavy (non-hydrogen) atoms. The maximum absolute atomic E-state index is 12.2. The van der Waals surface area contributed by atoms with E-state index in [1.807, 2.05) is 0 Å². The number of ketones is 1. The van der Waals surface area contributed by atoms with Gasteiger partial charge in [0.15, 0.2) is 0 Å². The third kappa shape index (κ3) is 3.44. The van der Waals surface area contributed by atoms with E-state index in [1.54, 1.807) is 0 Å². The van der Waals surface area contributed by atoms with Crippen molar-refractivity contribution in [2.24, 2.45) is 11.3 Å². The molecule has 3 aliphatic rings. The van der Waals surface area contributed by atoms with Gasteiger partial charge in [-0.25, -0.2) is 0 Å². The molecule has 3 fully saturated rings. The summed E-state index contributed by atoms with van der Waals surface area (Å²) in [4.78, 5) is 14.8. The lowest BCUT2D eigenvalue weighted by Gasteiger charge is -2.45. The molecule has 1 spiro atoms. The Kier molecular flexibility index (Phi) is 4.80. The first-order chi connectivity index (χ1) is 9.77. The van der Waals surface area contributed by atoms with E-state index >= 15 is 0 Å². The molecule has 1 aliphatic heterocycles. The van der Waals surface area contributed by atoms with Crippen molar-refractivity contribution in [3.63, 3.8) is 0 Å². The smallest absolute Gasteiger partial charge is 0.137 e. The van der Waals surface area contributed by atoms with Crippen LogP contribution >= 0.6 is 0 Å². The van der Waals surface area contributed by atoms with Gasteiger partial charge in [0.2, 0.25) is 0 Å². The number of likely N-dealkylation sites (tertiary alicyclic amines) is 1. The molecule has 0 aromatic rings. The predicted molar refractivity (Wildman–Crippen MR) is 82.8 cm³/mol. The van der Waals surface area contributed by atoms with Gasteiger partial charge in [-0.2, -0.15) is 0 Å². The number of nitrogens with zero attached hydrogens (tertiary/aromatic N) is 1. The molecule has 0 N–H and O–H groups in total. The fourth-order valence-electron chi connectivity index (χ4n) is 4.75. The molecule has 1 heterocycles. The molecule has 0 aromatic carbocycles. The number of carbonyl (C=O) groups is 1. The Labute approximate surface area is 124 Å². The Hall–Kier alpha value is -0.370. The van der Waals surface area contributed by atoms with E-state index in [4.69, 9.17) is 0 Å². The molecule has 1 saturated heterocycles. The Morgan fingerprint density at radius 1 is 0.900 bits per heavy atom. The Morgan fingerprint density at radius 3 is 2.35 bits per heavy atom. The van der Waals surface area contributed by atoms with Crippen LogP contribution < -0.4 is 0 Å². The SMILES string of the molecule is O=C1CCCCCC1CN1CCC2(CCCCC2)CC1. The van der Waals surface area contributed by atoms with Crippen LogP contribution in [0.3, 0.4) is 0 Å². The Bertz CT molecular complexity index is 322. The molecule has 1 atom stereocenters. The number of piperidine rings is 1. The van der Waals surface area contributed by atoms with Gasteiger partial charge in [-0.15, -0.1) is 0 Å². The van der Waals surface area contributed by atoms with Gasteiger partial charge in [0.1, 0.15) is 5.78 Å². The molecule has 0 amide bonds. The van der Waals surface area contributed by atoms with E-state index in [0.717, 1.165) is 25.8 Å². The standard InChI is InChI=1S/C18H31NO/c20-17-8-4-1-3-7-16(17)15-19-13-11-18(12-14-19)9-5-2-6-10-18/h16H,1-15H2. The molecule has 0 radical (unpaired) electrons. The molecule has 2 aliphatic carbocycles. The largest absolute Gasteiger partial charge is 0.303 e. The summed E-state index contributed by atoms with van der Waals surface area (Å²) in [6.07, 6.45) is 15.8. The summed E-state index contributed by atoms with van der Waals surface area (Å²) in [6.45, 7) is 3.57. The first-order valence-electron chi connectivity index (χ1n) is 9.03. The minimum absolute atomic E-state index is 0.359. The number of rotatable bonds is 2. The maximum atomic E-state index is 12.2. The van der Waals surface area contributed by atoms with Crippen molar-refractivity contribution in [1.29, 1.82) is 0 Å². The normalized spacial score (nSPS) is 32.2. The average molecular weight is 277 g/mol. The van der Waals surface area contributed by atoms with Gasteiger partial charge >= 0.3 is 0 Å².